The van der Waals surface area contributed by atoms with Crippen LogP contribution in [0, 0.1) is 0 Å². The highest BCUT2D eigenvalue weighted by atomic mass is 32.3. The monoisotopic (exact) mass is 357 g/mol. The van der Waals surface area contributed by atoms with Gasteiger partial charge in [0.1, 0.15) is 0 Å². The normalized spacial score (nSPS) is 14.0. The Balaban J connectivity index is 0. The van der Waals surface area contributed by atoms with E-state index in [0.29, 0.717) is 10.9 Å². The number of halogens is 6. The van der Waals surface area contributed by atoms with Gasteiger partial charge in [0.05, 0.1) is 18.8 Å². The molecule has 0 aromatic heterocycles. The van der Waals surface area contributed by atoms with E-state index in [2.05, 4.69) is 18.8 Å². The number of rotatable bonds is 2. The fraction of sp³-hybridized carbons (Fsp3) is 1.00. The SMILES string of the molecule is C[S+](C)C.O=S(=O)([N-]S(=O)(=O)C(F)(F)F)C(F)(F)F. The van der Waals surface area contributed by atoms with E-state index < -0.39 is 31.1 Å². The van der Waals surface area contributed by atoms with E-state index >= 15 is 0 Å². The van der Waals surface area contributed by atoms with Crippen LogP contribution >= 0.6 is 0 Å². The molecule has 0 saturated heterocycles. The molecular formula is C5H9F6NO4S3. The summed E-state index contributed by atoms with van der Waals surface area (Å²) >= 11 is 0. The lowest BCUT2D eigenvalue weighted by molar-refractivity contribution is -0.0444. The zero-order valence-corrected chi connectivity index (χ0v) is 12.0. The van der Waals surface area contributed by atoms with Crippen LogP contribution in [0.25, 0.3) is 4.13 Å². The highest BCUT2D eigenvalue weighted by molar-refractivity contribution is 8.13. The van der Waals surface area contributed by atoms with E-state index in [4.69, 9.17) is 0 Å². The van der Waals surface area contributed by atoms with Crippen LogP contribution in [0.5, 0.6) is 0 Å². The van der Waals surface area contributed by atoms with Crippen LogP contribution in [0.3, 0.4) is 0 Å². The Kier molecular flexibility index (Phi) is 7.21. The molecule has 0 unspecified atom stereocenters. The number of hydrogen-bond acceptors (Lipinski definition) is 4. The lowest BCUT2D eigenvalue weighted by Gasteiger charge is -2.22. The van der Waals surface area contributed by atoms with Crippen molar-refractivity contribution in [2.75, 3.05) is 18.8 Å². The molecular weight excluding hydrogens is 348 g/mol. The first kappa shape index (κ1) is 21.1. The number of nitrogens with zero attached hydrogens (tertiary/aromatic N) is 1. The zero-order chi connectivity index (χ0) is 16.3. The lowest BCUT2D eigenvalue weighted by Crippen LogP contribution is -2.30. The van der Waals surface area contributed by atoms with Crippen molar-refractivity contribution in [1.29, 1.82) is 0 Å². The third-order valence-electron chi connectivity index (χ3n) is 0.781. The molecule has 0 radical (unpaired) electrons. The van der Waals surface area contributed by atoms with E-state index in [-0.39, 0.29) is 0 Å². The van der Waals surface area contributed by atoms with Crippen molar-refractivity contribution >= 4 is 30.9 Å². The van der Waals surface area contributed by atoms with Crippen LogP contribution in [-0.2, 0) is 30.9 Å². The first-order valence-corrected chi connectivity index (χ1v) is 9.13. The van der Waals surface area contributed by atoms with Gasteiger partial charge in [-0.3, -0.25) is 0 Å². The van der Waals surface area contributed by atoms with Crippen molar-refractivity contribution in [3.63, 3.8) is 0 Å². The van der Waals surface area contributed by atoms with Crippen LogP contribution in [0.1, 0.15) is 0 Å². The topological polar surface area (TPSA) is 82.4 Å². The second kappa shape index (κ2) is 6.49. The van der Waals surface area contributed by atoms with Gasteiger partial charge in [-0.25, -0.2) is 16.8 Å². The van der Waals surface area contributed by atoms with Crippen LogP contribution in [0.2, 0.25) is 0 Å². The van der Waals surface area contributed by atoms with Gasteiger partial charge in [0.15, 0.2) is 20.0 Å². The summed E-state index contributed by atoms with van der Waals surface area (Å²) in [6, 6.07) is 0. The predicted octanol–water partition coefficient (Wildman–Crippen LogP) is 1.55. The van der Waals surface area contributed by atoms with Crippen molar-refractivity contribution in [3.05, 3.63) is 4.13 Å². The summed E-state index contributed by atoms with van der Waals surface area (Å²) in [6.45, 7) is 0. The highest BCUT2D eigenvalue weighted by Gasteiger charge is 2.46. The maximum atomic E-state index is 11.4. The molecule has 118 valence electrons. The number of sulfonamides is 2. The quantitative estimate of drug-likeness (QED) is 0.555. The molecule has 0 amide bonds. The molecule has 0 fully saturated rings. The standard InChI is InChI=1S/C3H9S.C2F6NO4S2/c1-4(2)3;3-1(4,5)14(10,11)9-15(12,13)2(6,7)8/h1-3H3;/q+1;-1. The molecule has 0 aromatic carbocycles. The van der Waals surface area contributed by atoms with Crippen molar-refractivity contribution in [1.82, 2.24) is 0 Å². The first-order valence-electron chi connectivity index (χ1n) is 3.80. The van der Waals surface area contributed by atoms with Gasteiger partial charge in [-0.15, -0.1) is 0 Å². The maximum absolute atomic E-state index is 11.4. The minimum absolute atomic E-state index is 0.639. The summed E-state index contributed by atoms with van der Waals surface area (Å²) in [5.41, 5.74) is -12.4. The van der Waals surface area contributed by atoms with Crippen molar-refractivity contribution < 1.29 is 43.2 Å². The van der Waals surface area contributed by atoms with E-state index in [1.807, 2.05) is 0 Å². The molecule has 0 aromatic rings. The zero-order valence-electron chi connectivity index (χ0n) is 9.57. The Morgan fingerprint density at radius 2 is 0.895 bits per heavy atom. The van der Waals surface area contributed by atoms with Crippen molar-refractivity contribution in [3.8, 4) is 0 Å². The average Bonchev–Trinajstić information content (AvgIpc) is 1.94. The Morgan fingerprint density at radius 1 is 0.737 bits per heavy atom. The Hall–Kier alpha value is -0.210. The van der Waals surface area contributed by atoms with Crippen LogP contribution in [-0.4, -0.2) is 46.6 Å². The minimum Gasteiger partial charge on any atom is -0.421 e. The summed E-state index contributed by atoms with van der Waals surface area (Å²) in [7, 11) is -12.8. The molecule has 19 heavy (non-hydrogen) atoms. The average molecular weight is 357 g/mol. The summed E-state index contributed by atoms with van der Waals surface area (Å²) in [5, 5.41) is 0. The molecule has 0 saturated carbocycles. The molecule has 0 spiro atoms. The second-order valence-corrected chi connectivity index (χ2v) is 9.01. The largest absolute Gasteiger partial charge is 0.480 e. The number of hydrogen-bond donors (Lipinski definition) is 0. The summed E-state index contributed by atoms with van der Waals surface area (Å²) in [5.74, 6) is 0. The van der Waals surface area contributed by atoms with E-state index in [9.17, 15) is 43.2 Å². The van der Waals surface area contributed by atoms with Crippen molar-refractivity contribution in [2.24, 2.45) is 0 Å². The van der Waals surface area contributed by atoms with Crippen LogP contribution in [0.15, 0.2) is 0 Å². The van der Waals surface area contributed by atoms with Crippen molar-refractivity contribution in [2.45, 2.75) is 11.0 Å². The van der Waals surface area contributed by atoms with Gasteiger partial charge < -0.3 is 4.13 Å². The Labute approximate surface area is 108 Å². The second-order valence-electron chi connectivity index (χ2n) is 3.14. The van der Waals surface area contributed by atoms with E-state index in [0.717, 1.165) is 4.13 Å². The summed E-state index contributed by atoms with van der Waals surface area (Å²) in [4.78, 5) is 0. The molecule has 0 heterocycles. The Bertz CT molecular complexity index is 431. The maximum Gasteiger partial charge on any atom is 0.480 e. The third-order valence-corrected chi connectivity index (χ3v) is 3.52. The van der Waals surface area contributed by atoms with Gasteiger partial charge in [-0.1, -0.05) is 0 Å². The van der Waals surface area contributed by atoms with Gasteiger partial charge in [-0.2, -0.15) is 26.3 Å². The predicted molar refractivity (Wildman–Crippen MR) is 58.4 cm³/mol. The summed E-state index contributed by atoms with van der Waals surface area (Å²) in [6.07, 6.45) is 6.58. The van der Waals surface area contributed by atoms with Gasteiger partial charge in [-0.05, 0) is 10.9 Å². The summed E-state index contributed by atoms with van der Waals surface area (Å²) < 4.78 is 109. The van der Waals surface area contributed by atoms with Crippen LogP contribution < -0.4 is 0 Å². The molecule has 0 atom stereocenters. The molecule has 0 N–H and O–H groups in total. The van der Waals surface area contributed by atoms with Crippen LogP contribution in [0.4, 0.5) is 26.3 Å². The molecule has 0 aliphatic carbocycles. The molecule has 0 aliphatic rings. The van der Waals surface area contributed by atoms with Gasteiger partial charge in [0.2, 0.25) is 0 Å². The van der Waals surface area contributed by atoms with Gasteiger partial charge in [0.25, 0.3) is 0 Å². The van der Waals surface area contributed by atoms with E-state index in [1.165, 1.54) is 0 Å². The van der Waals surface area contributed by atoms with E-state index in [1.54, 1.807) is 0 Å². The molecule has 5 nitrogen and oxygen atoms in total. The molecule has 0 aliphatic heterocycles. The highest BCUT2D eigenvalue weighted by Crippen LogP contribution is 2.36. The fourth-order valence-corrected chi connectivity index (χ4v) is 1.92. The lowest BCUT2D eigenvalue weighted by atomic mass is 11.6. The first-order chi connectivity index (χ1) is 7.94. The molecule has 0 rings (SSSR count). The Morgan fingerprint density at radius 3 is 1.00 bits per heavy atom. The third kappa shape index (κ3) is 7.84. The van der Waals surface area contributed by atoms with Gasteiger partial charge >= 0.3 is 11.0 Å². The molecule has 14 heteroatoms. The fourth-order valence-electron chi connectivity index (χ4n) is 0.214. The number of alkyl halides is 6. The van der Waals surface area contributed by atoms with Gasteiger partial charge in [0, 0.05) is 0 Å². The smallest absolute Gasteiger partial charge is 0.421 e. The minimum atomic E-state index is -6.72. The molecule has 0 bridgehead atoms.